The molecular weight excluding hydrogens is 153 g/mol. The molecular formula is C10H12FN. The Bertz CT molecular complexity index is 243. The highest BCUT2D eigenvalue weighted by Gasteiger charge is 2.28. The minimum Gasteiger partial charge on any atom is -0.258 e. The first-order valence-corrected chi connectivity index (χ1v) is 4.43. The molecule has 1 aromatic rings. The lowest BCUT2D eigenvalue weighted by Crippen LogP contribution is -2.17. The van der Waals surface area contributed by atoms with Gasteiger partial charge in [-0.1, -0.05) is 12.5 Å². The van der Waals surface area contributed by atoms with Gasteiger partial charge >= 0.3 is 0 Å². The monoisotopic (exact) mass is 165 g/mol. The van der Waals surface area contributed by atoms with Gasteiger partial charge in [0, 0.05) is 6.20 Å². The predicted molar refractivity (Wildman–Crippen MR) is 45.4 cm³/mol. The number of nitrogens with zero attached hydrogens (tertiary/aromatic N) is 1. The highest BCUT2D eigenvalue weighted by atomic mass is 19.1. The van der Waals surface area contributed by atoms with Crippen molar-refractivity contribution in [3.63, 3.8) is 0 Å². The van der Waals surface area contributed by atoms with Crippen LogP contribution in [0, 0.1) is 5.92 Å². The van der Waals surface area contributed by atoms with E-state index in [9.17, 15) is 4.39 Å². The van der Waals surface area contributed by atoms with E-state index in [4.69, 9.17) is 0 Å². The molecule has 12 heavy (non-hydrogen) atoms. The van der Waals surface area contributed by atoms with Crippen molar-refractivity contribution in [1.29, 1.82) is 0 Å². The molecule has 1 aliphatic rings. The number of hydrogen-bond acceptors (Lipinski definition) is 1. The van der Waals surface area contributed by atoms with Gasteiger partial charge in [0.05, 0.1) is 5.69 Å². The number of hydrogen-bond donors (Lipinski definition) is 0. The Balaban J connectivity index is 2.08. The van der Waals surface area contributed by atoms with E-state index in [1.807, 2.05) is 12.1 Å². The zero-order valence-corrected chi connectivity index (χ0v) is 6.91. The predicted octanol–water partition coefficient (Wildman–Crippen LogP) is 2.89. The van der Waals surface area contributed by atoms with Crippen molar-refractivity contribution < 1.29 is 4.39 Å². The smallest absolute Gasteiger partial charge is 0.145 e. The summed E-state index contributed by atoms with van der Waals surface area (Å²) in [6, 6.07) is 5.42. The lowest BCUT2D eigenvalue weighted by Gasteiger charge is -2.28. The van der Waals surface area contributed by atoms with Gasteiger partial charge in [-0.2, -0.15) is 0 Å². The van der Waals surface area contributed by atoms with Crippen molar-refractivity contribution >= 4 is 0 Å². The second-order valence-corrected chi connectivity index (χ2v) is 3.35. The van der Waals surface area contributed by atoms with Crippen LogP contribution < -0.4 is 0 Å². The van der Waals surface area contributed by atoms with Crippen molar-refractivity contribution in [2.75, 3.05) is 0 Å². The number of pyridine rings is 1. The maximum absolute atomic E-state index is 13.5. The largest absolute Gasteiger partial charge is 0.258 e. The molecule has 1 saturated carbocycles. The second kappa shape index (κ2) is 3.21. The summed E-state index contributed by atoms with van der Waals surface area (Å²) in [7, 11) is 0. The second-order valence-electron chi connectivity index (χ2n) is 3.35. The molecule has 0 bridgehead atoms. The Morgan fingerprint density at radius 1 is 1.42 bits per heavy atom. The van der Waals surface area contributed by atoms with Gasteiger partial charge in [0.1, 0.15) is 6.17 Å². The van der Waals surface area contributed by atoms with E-state index >= 15 is 0 Å². The topological polar surface area (TPSA) is 12.9 Å². The molecule has 0 aromatic carbocycles. The van der Waals surface area contributed by atoms with E-state index in [0.717, 1.165) is 12.8 Å². The zero-order chi connectivity index (χ0) is 8.39. The number of halogens is 1. The normalized spacial score (nSPS) is 20.1. The van der Waals surface area contributed by atoms with Crippen molar-refractivity contribution in [2.24, 2.45) is 5.92 Å². The summed E-state index contributed by atoms with van der Waals surface area (Å²) in [6.45, 7) is 0. The van der Waals surface area contributed by atoms with Gasteiger partial charge in [0.25, 0.3) is 0 Å². The highest BCUT2D eigenvalue weighted by molar-refractivity contribution is 5.08. The molecule has 1 nitrogen and oxygen atoms in total. The van der Waals surface area contributed by atoms with Crippen molar-refractivity contribution in [2.45, 2.75) is 25.4 Å². The average molecular weight is 165 g/mol. The van der Waals surface area contributed by atoms with Crippen LogP contribution in [0.4, 0.5) is 4.39 Å². The molecule has 64 valence electrons. The molecule has 0 saturated heterocycles. The average Bonchev–Trinajstić information content (AvgIpc) is 2.03. The van der Waals surface area contributed by atoms with Crippen LogP contribution in [0.2, 0.25) is 0 Å². The van der Waals surface area contributed by atoms with E-state index in [2.05, 4.69) is 4.98 Å². The third-order valence-corrected chi connectivity index (χ3v) is 2.53. The summed E-state index contributed by atoms with van der Waals surface area (Å²) < 4.78 is 13.5. The summed E-state index contributed by atoms with van der Waals surface area (Å²) in [6.07, 6.45) is 4.05. The van der Waals surface area contributed by atoms with Crippen LogP contribution >= 0.6 is 0 Å². The zero-order valence-electron chi connectivity index (χ0n) is 6.91. The number of rotatable bonds is 2. The van der Waals surface area contributed by atoms with E-state index in [-0.39, 0.29) is 5.92 Å². The molecule has 1 heterocycles. The summed E-state index contributed by atoms with van der Waals surface area (Å²) in [5, 5.41) is 0. The van der Waals surface area contributed by atoms with Crippen LogP contribution in [-0.2, 0) is 0 Å². The molecule has 0 spiro atoms. The van der Waals surface area contributed by atoms with Crippen LogP contribution in [0.1, 0.15) is 31.1 Å². The maximum Gasteiger partial charge on any atom is 0.145 e. The van der Waals surface area contributed by atoms with Gasteiger partial charge in [-0.25, -0.2) is 4.39 Å². The molecule has 1 atom stereocenters. The molecule has 0 amide bonds. The minimum atomic E-state index is -0.833. The quantitative estimate of drug-likeness (QED) is 0.656. The third kappa shape index (κ3) is 1.33. The van der Waals surface area contributed by atoms with Crippen LogP contribution in [0.15, 0.2) is 24.4 Å². The lowest BCUT2D eigenvalue weighted by molar-refractivity contribution is 0.146. The molecule has 0 aliphatic heterocycles. The van der Waals surface area contributed by atoms with E-state index in [0.29, 0.717) is 5.69 Å². The van der Waals surface area contributed by atoms with Gasteiger partial charge < -0.3 is 0 Å². The van der Waals surface area contributed by atoms with E-state index in [1.165, 1.54) is 6.42 Å². The standard InChI is InChI=1S/C10H12FN/c11-10(8-4-3-5-8)9-6-1-2-7-12-9/h1-2,6-8,10H,3-5H2. The van der Waals surface area contributed by atoms with E-state index in [1.54, 1.807) is 12.3 Å². The Morgan fingerprint density at radius 2 is 2.25 bits per heavy atom. The Morgan fingerprint density at radius 3 is 2.75 bits per heavy atom. The summed E-state index contributed by atoms with van der Waals surface area (Å²) in [5.74, 6) is 0.236. The molecule has 0 N–H and O–H groups in total. The summed E-state index contributed by atoms with van der Waals surface area (Å²) >= 11 is 0. The van der Waals surface area contributed by atoms with Crippen LogP contribution in [-0.4, -0.2) is 4.98 Å². The van der Waals surface area contributed by atoms with E-state index < -0.39 is 6.17 Å². The molecule has 0 radical (unpaired) electrons. The first kappa shape index (κ1) is 7.71. The first-order chi connectivity index (χ1) is 5.88. The lowest BCUT2D eigenvalue weighted by atomic mass is 9.81. The minimum absolute atomic E-state index is 0.236. The fourth-order valence-electron chi connectivity index (χ4n) is 1.51. The fraction of sp³-hybridized carbons (Fsp3) is 0.500. The Labute approximate surface area is 71.6 Å². The van der Waals surface area contributed by atoms with Crippen molar-refractivity contribution in [3.8, 4) is 0 Å². The SMILES string of the molecule is FC(c1ccccn1)C1CCC1. The molecule has 2 rings (SSSR count). The molecule has 1 unspecified atom stereocenters. The molecule has 2 heteroatoms. The maximum atomic E-state index is 13.5. The summed E-state index contributed by atoms with van der Waals surface area (Å²) in [5.41, 5.74) is 0.599. The molecule has 1 fully saturated rings. The highest BCUT2D eigenvalue weighted by Crippen LogP contribution is 2.39. The fourth-order valence-corrected chi connectivity index (χ4v) is 1.51. The molecule has 1 aromatic heterocycles. The number of aromatic nitrogens is 1. The first-order valence-electron chi connectivity index (χ1n) is 4.43. The Hall–Kier alpha value is -0.920. The van der Waals surface area contributed by atoms with Crippen molar-refractivity contribution in [1.82, 2.24) is 4.98 Å². The van der Waals surface area contributed by atoms with Crippen LogP contribution in [0.3, 0.4) is 0 Å². The van der Waals surface area contributed by atoms with Gasteiger partial charge in [-0.05, 0) is 30.9 Å². The summed E-state index contributed by atoms with van der Waals surface area (Å²) in [4.78, 5) is 4.01. The van der Waals surface area contributed by atoms with Crippen LogP contribution in [0.5, 0.6) is 0 Å². The third-order valence-electron chi connectivity index (χ3n) is 2.53. The van der Waals surface area contributed by atoms with Gasteiger partial charge in [0.2, 0.25) is 0 Å². The van der Waals surface area contributed by atoms with Crippen LogP contribution in [0.25, 0.3) is 0 Å². The van der Waals surface area contributed by atoms with Crippen molar-refractivity contribution in [3.05, 3.63) is 30.1 Å². The van der Waals surface area contributed by atoms with Gasteiger partial charge in [-0.3, -0.25) is 4.98 Å². The number of alkyl halides is 1. The Kier molecular flexibility index (Phi) is 2.07. The van der Waals surface area contributed by atoms with Gasteiger partial charge in [0.15, 0.2) is 0 Å². The van der Waals surface area contributed by atoms with Gasteiger partial charge in [-0.15, -0.1) is 0 Å². The molecule has 1 aliphatic carbocycles.